The second-order valence-corrected chi connectivity index (χ2v) is 3.90. The molecule has 2 rings (SSSR count). The monoisotopic (exact) mass is 199 g/mol. The Kier molecular flexibility index (Phi) is 2.41. The third-order valence-corrected chi connectivity index (χ3v) is 2.82. The van der Waals surface area contributed by atoms with E-state index in [2.05, 4.69) is 15.5 Å². The van der Waals surface area contributed by atoms with Crippen molar-refractivity contribution in [1.82, 2.24) is 20.2 Å². The van der Waals surface area contributed by atoms with E-state index in [-0.39, 0.29) is 0 Å². The summed E-state index contributed by atoms with van der Waals surface area (Å²) in [7, 11) is 0. The normalized spacial score (nSPS) is 29.0. The van der Waals surface area contributed by atoms with Crippen LogP contribution in [0.4, 0.5) is 0 Å². The largest absolute Gasteiger partial charge is 0.328 e. The van der Waals surface area contributed by atoms with Gasteiger partial charge in [0.2, 0.25) is 4.77 Å². The van der Waals surface area contributed by atoms with Gasteiger partial charge in [-0.1, -0.05) is 10.3 Å². The van der Waals surface area contributed by atoms with Crippen LogP contribution in [0, 0.1) is 4.77 Å². The van der Waals surface area contributed by atoms with Gasteiger partial charge in [-0.3, -0.25) is 0 Å². The molecule has 0 spiro atoms. The van der Waals surface area contributed by atoms with Gasteiger partial charge < -0.3 is 5.73 Å². The van der Waals surface area contributed by atoms with Crippen molar-refractivity contribution in [3.05, 3.63) is 4.77 Å². The Balaban J connectivity index is 2.17. The molecule has 1 aromatic heterocycles. The minimum Gasteiger partial charge on any atom is -0.328 e. The highest BCUT2D eigenvalue weighted by Crippen LogP contribution is 2.26. The summed E-state index contributed by atoms with van der Waals surface area (Å²) < 4.78 is 2.37. The van der Waals surface area contributed by atoms with Gasteiger partial charge in [0.05, 0.1) is 6.04 Å². The zero-order valence-corrected chi connectivity index (χ0v) is 8.13. The average molecular weight is 199 g/mol. The van der Waals surface area contributed by atoms with Gasteiger partial charge in [-0.15, -0.1) is 0 Å². The van der Waals surface area contributed by atoms with Crippen LogP contribution in [0.25, 0.3) is 0 Å². The lowest BCUT2D eigenvalue weighted by Crippen LogP contribution is -2.29. The van der Waals surface area contributed by atoms with E-state index in [9.17, 15) is 0 Å². The van der Waals surface area contributed by atoms with Crippen LogP contribution in [-0.4, -0.2) is 26.2 Å². The van der Waals surface area contributed by atoms with Crippen LogP contribution < -0.4 is 5.73 Å². The van der Waals surface area contributed by atoms with E-state index < -0.39 is 0 Å². The van der Waals surface area contributed by atoms with Crippen molar-refractivity contribution in [2.45, 2.75) is 37.8 Å². The summed E-state index contributed by atoms with van der Waals surface area (Å²) in [5, 5.41) is 10.2. The predicted octanol–water partition coefficient (Wildman–Crippen LogP) is 0.778. The molecule has 0 saturated heterocycles. The maximum atomic E-state index is 5.88. The number of aromatic nitrogens is 4. The highest BCUT2D eigenvalue weighted by molar-refractivity contribution is 7.71. The van der Waals surface area contributed by atoms with E-state index in [0.29, 0.717) is 16.9 Å². The Morgan fingerprint density at radius 2 is 2.38 bits per heavy atom. The first-order chi connectivity index (χ1) is 6.27. The number of nitrogens with zero attached hydrogens (tertiary/aromatic N) is 3. The van der Waals surface area contributed by atoms with Crippen LogP contribution in [-0.2, 0) is 0 Å². The summed E-state index contributed by atoms with van der Waals surface area (Å²) in [6.45, 7) is 0. The van der Waals surface area contributed by atoms with Crippen LogP contribution in [0.2, 0.25) is 0 Å². The minimum atomic E-state index is 0.295. The van der Waals surface area contributed by atoms with Gasteiger partial charge in [-0.05, 0) is 37.9 Å². The number of nitrogens with one attached hydrogen (secondary N) is 1. The van der Waals surface area contributed by atoms with Crippen molar-refractivity contribution in [2.75, 3.05) is 0 Å². The fraction of sp³-hybridized carbons (Fsp3) is 0.857. The third kappa shape index (κ3) is 1.78. The molecule has 1 saturated carbocycles. The molecule has 0 aromatic carbocycles. The molecule has 13 heavy (non-hydrogen) atoms. The van der Waals surface area contributed by atoms with E-state index in [0.717, 1.165) is 25.7 Å². The van der Waals surface area contributed by atoms with E-state index in [4.69, 9.17) is 18.0 Å². The van der Waals surface area contributed by atoms with Crippen LogP contribution in [0.1, 0.15) is 31.7 Å². The van der Waals surface area contributed by atoms with Gasteiger partial charge in [0.1, 0.15) is 0 Å². The smallest absolute Gasteiger partial charge is 0.238 e. The first kappa shape index (κ1) is 8.83. The molecule has 0 aliphatic heterocycles. The van der Waals surface area contributed by atoms with Crippen molar-refractivity contribution >= 4 is 12.2 Å². The van der Waals surface area contributed by atoms with E-state index in [1.54, 1.807) is 0 Å². The Bertz CT molecular complexity index is 330. The van der Waals surface area contributed by atoms with Gasteiger partial charge in [0, 0.05) is 6.04 Å². The lowest BCUT2D eigenvalue weighted by Gasteiger charge is -2.26. The second-order valence-electron chi connectivity index (χ2n) is 3.53. The standard InChI is InChI=1S/C7H13N5S/c8-5-2-1-3-6(4-5)12-7(13)9-10-11-12/h5-6H,1-4,8H2,(H,9,11,13). The Hall–Kier alpha value is -0.750. The second kappa shape index (κ2) is 3.55. The molecule has 2 unspecified atom stereocenters. The quantitative estimate of drug-likeness (QED) is 0.655. The van der Waals surface area contributed by atoms with Gasteiger partial charge in [-0.2, -0.15) is 5.21 Å². The molecule has 1 aliphatic carbocycles. The van der Waals surface area contributed by atoms with Crippen molar-refractivity contribution < 1.29 is 0 Å². The number of hydrogen-bond acceptors (Lipinski definition) is 4. The van der Waals surface area contributed by atoms with Crippen LogP contribution >= 0.6 is 12.2 Å². The fourth-order valence-corrected chi connectivity index (χ4v) is 2.11. The number of hydrogen-bond donors (Lipinski definition) is 2. The first-order valence-corrected chi connectivity index (χ1v) is 4.93. The number of tetrazole rings is 1. The fourth-order valence-electron chi connectivity index (χ4n) is 1.88. The van der Waals surface area contributed by atoms with Crippen molar-refractivity contribution in [3.63, 3.8) is 0 Å². The Morgan fingerprint density at radius 1 is 1.54 bits per heavy atom. The SMILES string of the molecule is NC1CCCC(n2[nH]nnc2=S)C1. The van der Waals surface area contributed by atoms with E-state index in [1.807, 2.05) is 4.68 Å². The zero-order valence-electron chi connectivity index (χ0n) is 7.31. The summed E-state index contributed by atoms with van der Waals surface area (Å²) in [6.07, 6.45) is 4.36. The minimum absolute atomic E-state index is 0.295. The summed E-state index contributed by atoms with van der Waals surface area (Å²) >= 11 is 5.02. The average Bonchev–Trinajstić information content (AvgIpc) is 2.51. The predicted molar refractivity (Wildman–Crippen MR) is 50.7 cm³/mol. The zero-order chi connectivity index (χ0) is 9.26. The molecule has 6 heteroatoms. The summed E-state index contributed by atoms with van der Waals surface area (Å²) in [5.74, 6) is 0. The Morgan fingerprint density at radius 3 is 3.00 bits per heavy atom. The molecule has 2 atom stereocenters. The lowest BCUT2D eigenvalue weighted by atomic mass is 9.92. The Labute approximate surface area is 81.3 Å². The maximum absolute atomic E-state index is 5.88. The van der Waals surface area contributed by atoms with Crippen molar-refractivity contribution in [3.8, 4) is 0 Å². The molecule has 3 N–H and O–H groups in total. The molecular weight excluding hydrogens is 186 g/mol. The summed E-state index contributed by atoms with van der Waals surface area (Å²) in [5.41, 5.74) is 5.88. The molecule has 72 valence electrons. The van der Waals surface area contributed by atoms with Crippen LogP contribution in [0.3, 0.4) is 0 Å². The van der Waals surface area contributed by atoms with Gasteiger partial charge in [0.25, 0.3) is 0 Å². The highest BCUT2D eigenvalue weighted by atomic mass is 32.1. The van der Waals surface area contributed by atoms with Crippen molar-refractivity contribution in [2.24, 2.45) is 5.73 Å². The molecule has 1 aliphatic rings. The molecule has 0 amide bonds. The third-order valence-electron chi connectivity index (χ3n) is 2.55. The molecular formula is C7H13N5S. The van der Waals surface area contributed by atoms with Gasteiger partial charge in [0.15, 0.2) is 0 Å². The maximum Gasteiger partial charge on any atom is 0.238 e. The van der Waals surface area contributed by atoms with Gasteiger partial charge in [-0.25, -0.2) is 4.68 Å². The summed E-state index contributed by atoms with van der Waals surface area (Å²) in [4.78, 5) is 0. The number of aromatic amines is 1. The lowest BCUT2D eigenvalue weighted by molar-refractivity contribution is 0.294. The molecule has 1 fully saturated rings. The number of H-pyrrole nitrogens is 1. The molecule has 0 bridgehead atoms. The van der Waals surface area contributed by atoms with E-state index >= 15 is 0 Å². The number of rotatable bonds is 1. The molecule has 1 aromatic rings. The van der Waals surface area contributed by atoms with Gasteiger partial charge >= 0.3 is 0 Å². The van der Waals surface area contributed by atoms with Crippen molar-refractivity contribution in [1.29, 1.82) is 0 Å². The van der Waals surface area contributed by atoms with E-state index in [1.165, 1.54) is 0 Å². The number of nitrogens with two attached hydrogens (primary N) is 1. The molecule has 0 radical (unpaired) electrons. The highest BCUT2D eigenvalue weighted by Gasteiger charge is 2.21. The van der Waals surface area contributed by atoms with Crippen LogP contribution in [0.15, 0.2) is 0 Å². The molecule has 1 heterocycles. The molecule has 5 nitrogen and oxygen atoms in total. The topological polar surface area (TPSA) is 72.5 Å². The van der Waals surface area contributed by atoms with Crippen LogP contribution in [0.5, 0.6) is 0 Å². The first-order valence-electron chi connectivity index (χ1n) is 4.52. The summed E-state index contributed by atoms with van der Waals surface area (Å²) in [6, 6.07) is 0.662.